The summed E-state index contributed by atoms with van der Waals surface area (Å²) >= 11 is 0. The van der Waals surface area contributed by atoms with E-state index in [1.165, 1.54) is 35.3 Å². The summed E-state index contributed by atoms with van der Waals surface area (Å²) in [5.41, 5.74) is 6.43. The van der Waals surface area contributed by atoms with Gasteiger partial charge in [0, 0.05) is 24.3 Å². The van der Waals surface area contributed by atoms with Crippen molar-refractivity contribution in [2.75, 3.05) is 18.0 Å². The summed E-state index contributed by atoms with van der Waals surface area (Å²) < 4.78 is 0. The van der Waals surface area contributed by atoms with Crippen LogP contribution in [-0.2, 0) is 6.42 Å². The zero-order chi connectivity index (χ0) is 13.9. The van der Waals surface area contributed by atoms with Crippen molar-refractivity contribution < 1.29 is 0 Å². The van der Waals surface area contributed by atoms with Crippen molar-refractivity contribution in [2.24, 2.45) is 0 Å². The first-order valence-corrected chi connectivity index (χ1v) is 7.60. The van der Waals surface area contributed by atoms with Crippen LogP contribution in [0.1, 0.15) is 31.2 Å². The number of aromatic nitrogens is 1. The van der Waals surface area contributed by atoms with Crippen molar-refractivity contribution in [1.82, 2.24) is 4.98 Å². The predicted molar refractivity (Wildman–Crippen MR) is 85.2 cm³/mol. The maximum Gasteiger partial charge on any atom is 0.0665 e. The van der Waals surface area contributed by atoms with Crippen LogP contribution in [0.15, 0.2) is 36.4 Å². The van der Waals surface area contributed by atoms with Crippen LogP contribution in [0.3, 0.4) is 0 Å². The molecule has 0 saturated heterocycles. The number of anilines is 1. The third-order valence-corrected chi connectivity index (χ3v) is 3.93. The van der Waals surface area contributed by atoms with Gasteiger partial charge >= 0.3 is 0 Å². The quantitative estimate of drug-likeness (QED) is 0.827. The third-order valence-electron chi connectivity index (χ3n) is 3.93. The smallest absolute Gasteiger partial charge is 0.0665 e. The zero-order valence-electron chi connectivity index (χ0n) is 12.4. The molecule has 1 aromatic carbocycles. The first-order chi connectivity index (χ1) is 9.79. The van der Waals surface area contributed by atoms with Crippen molar-refractivity contribution in [2.45, 2.75) is 33.1 Å². The standard InChI is InChI=1S/C18H22N2/c1-3-11-20-12-7-10-17-18(20)16(13-14(2)19-17)15-8-5-4-6-9-15/h4-6,8-9,13H,3,7,10-12H2,1-2H3. The Labute approximate surface area is 121 Å². The van der Waals surface area contributed by atoms with Gasteiger partial charge in [-0.25, -0.2) is 0 Å². The third kappa shape index (κ3) is 2.43. The molecule has 2 aromatic rings. The average Bonchev–Trinajstić information content (AvgIpc) is 2.47. The molecule has 0 unspecified atom stereocenters. The molecule has 0 fully saturated rings. The van der Waals surface area contributed by atoms with E-state index in [1.54, 1.807) is 0 Å². The van der Waals surface area contributed by atoms with E-state index in [1.807, 2.05) is 0 Å². The van der Waals surface area contributed by atoms with E-state index in [0.29, 0.717) is 0 Å². The van der Waals surface area contributed by atoms with Gasteiger partial charge in [-0.05, 0) is 37.8 Å². The molecule has 0 saturated carbocycles. The molecule has 2 nitrogen and oxygen atoms in total. The van der Waals surface area contributed by atoms with E-state index in [4.69, 9.17) is 4.98 Å². The van der Waals surface area contributed by atoms with Gasteiger partial charge in [-0.2, -0.15) is 0 Å². The SMILES string of the molecule is CCCN1CCCc2nc(C)cc(-c3ccccc3)c21. The average molecular weight is 266 g/mol. The Bertz CT molecular complexity index is 590. The predicted octanol–water partition coefficient (Wildman–Crippen LogP) is 4.22. The Hall–Kier alpha value is -1.83. The Morgan fingerprint density at radius 3 is 2.75 bits per heavy atom. The monoisotopic (exact) mass is 266 g/mol. The van der Waals surface area contributed by atoms with Crippen molar-refractivity contribution >= 4 is 5.69 Å². The number of benzene rings is 1. The summed E-state index contributed by atoms with van der Waals surface area (Å²) in [4.78, 5) is 7.31. The fourth-order valence-electron chi connectivity index (χ4n) is 3.14. The maximum absolute atomic E-state index is 4.79. The molecule has 3 rings (SSSR count). The zero-order valence-corrected chi connectivity index (χ0v) is 12.4. The van der Waals surface area contributed by atoms with Gasteiger partial charge in [0.05, 0.1) is 11.4 Å². The molecule has 0 amide bonds. The van der Waals surface area contributed by atoms with Gasteiger partial charge in [0.25, 0.3) is 0 Å². The first kappa shape index (κ1) is 13.2. The number of pyridine rings is 1. The largest absolute Gasteiger partial charge is 0.370 e. The maximum atomic E-state index is 4.79. The van der Waals surface area contributed by atoms with E-state index in [-0.39, 0.29) is 0 Å². The van der Waals surface area contributed by atoms with E-state index in [9.17, 15) is 0 Å². The van der Waals surface area contributed by atoms with Gasteiger partial charge in [0.2, 0.25) is 0 Å². The summed E-state index contributed by atoms with van der Waals surface area (Å²) in [5.74, 6) is 0. The van der Waals surface area contributed by atoms with Crippen LogP contribution in [0.4, 0.5) is 5.69 Å². The minimum Gasteiger partial charge on any atom is -0.370 e. The van der Waals surface area contributed by atoms with Gasteiger partial charge in [-0.3, -0.25) is 4.98 Å². The first-order valence-electron chi connectivity index (χ1n) is 7.60. The second-order valence-corrected chi connectivity index (χ2v) is 5.56. The number of aryl methyl sites for hydroxylation is 2. The molecule has 0 bridgehead atoms. The molecule has 1 aliphatic rings. The second kappa shape index (κ2) is 5.66. The summed E-state index contributed by atoms with van der Waals surface area (Å²) in [6.45, 7) is 6.63. The minimum atomic E-state index is 1.11. The van der Waals surface area contributed by atoms with Crippen LogP contribution in [0.5, 0.6) is 0 Å². The number of hydrogen-bond donors (Lipinski definition) is 0. The summed E-state index contributed by atoms with van der Waals surface area (Å²) in [6, 6.07) is 13.0. The molecule has 2 heteroatoms. The van der Waals surface area contributed by atoms with Crippen LogP contribution in [0.2, 0.25) is 0 Å². The van der Waals surface area contributed by atoms with E-state index >= 15 is 0 Å². The molecule has 0 spiro atoms. The lowest BCUT2D eigenvalue weighted by Crippen LogP contribution is -2.31. The van der Waals surface area contributed by atoms with Crippen LogP contribution >= 0.6 is 0 Å². The molecule has 2 heterocycles. The van der Waals surface area contributed by atoms with Crippen LogP contribution in [0.25, 0.3) is 11.1 Å². The van der Waals surface area contributed by atoms with Crippen molar-refractivity contribution in [3.05, 3.63) is 47.8 Å². The normalized spacial score (nSPS) is 14.2. The van der Waals surface area contributed by atoms with Gasteiger partial charge < -0.3 is 4.90 Å². The Balaban J connectivity index is 2.16. The minimum absolute atomic E-state index is 1.11. The summed E-state index contributed by atoms with van der Waals surface area (Å²) in [7, 11) is 0. The second-order valence-electron chi connectivity index (χ2n) is 5.56. The molecule has 20 heavy (non-hydrogen) atoms. The number of nitrogens with zero attached hydrogens (tertiary/aromatic N) is 2. The lowest BCUT2D eigenvalue weighted by Gasteiger charge is -2.33. The highest BCUT2D eigenvalue weighted by molar-refractivity contribution is 5.81. The molecular formula is C18H22N2. The van der Waals surface area contributed by atoms with Crippen LogP contribution in [-0.4, -0.2) is 18.1 Å². The summed E-state index contributed by atoms with van der Waals surface area (Å²) in [5, 5.41) is 0. The fourth-order valence-corrected chi connectivity index (χ4v) is 3.14. The Morgan fingerprint density at radius 1 is 1.20 bits per heavy atom. The topological polar surface area (TPSA) is 16.1 Å². The number of hydrogen-bond acceptors (Lipinski definition) is 2. The highest BCUT2D eigenvalue weighted by Gasteiger charge is 2.22. The molecule has 0 radical (unpaired) electrons. The van der Waals surface area contributed by atoms with Crippen molar-refractivity contribution in [3.63, 3.8) is 0 Å². The lowest BCUT2D eigenvalue weighted by atomic mass is 9.97. The van der Waals surface area contributed by atoms with Gasteiger partial charge in [0.15, 0.2) is 0 Å². The van der Waals surface area contributed by atoms with E-state index in [0.717, 1.165) is 25.2 Å². The fraction of sp³-hybridized carbons (Fsp3) is 0.389. The van der Waals surface area contributed by atoms with E-state index < -0.39 is 0 Å². The molecule has 104 valence electrons. The Kier molecular flexibility index (Phi) is 3.72. The highest BCUT2D eigenvalue weighted by atomic mass is 15.1. The molecule has 0 N–H and O–H groups in total. The highest BCUT2D eigenvalue weighted by Crippen LogP contribution is 2.37. The molecule has 1 aromatic heterocycles. The molecule has 0 aliphatic carbocycles. The van der Waals surface area contributed by atoms with Gasteiger partial charge in [0.1, 0.15) is 0 Å². The number of rotatable bonds is 3. The van der Waals surface area contributed by atoms with E-state index in [2.05, 4.69) is 55.1 Å². The molecular weight excluding hydrogens is 244 g/mol. The van der Waals surface area contributed by atoms with Crippen LogP contribution in [0, 0.1) is 6.92 Å². The van der Waals surface area contributed by atoms with Gasteiger partial charge in [-0.15, -0.1) is 0 Å². The molecule has 0 atom stereocenters. The number of fused-ring (bicyclic) bond motifs is 1. The van der Waals surface area contributed by atoms with Crippen molar-refractivity contribution in [3.8, 4) is 11.1 Å². The lowest BCUT2D eigenvalue weighted by molar-refractivity contribution is 0.668. The van der Waals surface area contributed by atoms with Crippen molar-refractivity contribution in [1.29, 1.82) is 0 Å². The Morgan fingerprint density at radius 2 is 2.00 bits per heavy atom. The van der Waals surface area contributed by atoms with Gasteiger partial charge in [-0.1, -0.05) is 37.3 Å². The van der Waals surface area contributed by atoms with Crippen LogP contribution < -0.4 is 4.90 Å². The molecule has 1 aliphatic heterocycles. The summed E-state index contributed by atoms with van der Waals surface area (Å²) in [6.07, 6.45) is 3.51.